The molecule has 1 atom stereocenters. The van der Waals surface area contributed by atoms with E-state index in [0.29, 0.717) is 23.4 Å². The fourth-order valence-electron chi connectivity index (χ4n) is 3.99. The molecular formula is C30H28N2O3S. The number of thiophene rings is 1. The summed E-state index contributed by atoms with van der Waals surface area (Å²) in [5.41, 5.74) is 3.84. The van der Waals surface area contributed by atoms with E-state index in [1.54, 1.807) is 29.2 Å². The third-order valence-electron chi connectivity index (χ3n) is 5.94. The van der Waals surface area contributed by atoms with E-state index in [9.17, 15) is 14.4 Å². The van der Waals surface area contributed by atoms with Crippen LogP contribution in [0.15, 0.2) is 96.4 Å². The summed E-state index contributed by atoms with van der Waals surface area (Å²) in [4.78, 5) is 41.8. The Balaban J connectivity index is 1.74. The van der Waals surface area contributed by atoms with Crippen molar-refractivity contribution in [3.63, 3.8) is 0 Å². The lowest BCUT2D eigenvalue weighted by molar-refractivity contribution is -0.126. The molecule has 5 nitrogen and oxygen atoms in total. The number of benzene rings is 3. The second-order valence-corrected chi connectivity index (χ2v) is 9.67. The summed E-state index contributed by atoms with van der Waals surface area (Å²) in [6, 6.07) is 27.1. The number of carbonyl (C=O) groups excluding carboxylic acids is 3. The van der Waals surface area contributed by atoms with Crippen molar-refractivity contribution < 1.29 is 14.4 Å². The van der Waals surface area contributed by atoms with Crippen molar-refractivity contribution in [1.29, 1.82) is 0 Å². The van der Waals surface area contributed by atoms with E-state index in [-0.39, 0.29) is 24.0 Å². The van der Waals surface area contributed by atoms with Crippen LogP contribution >= 0.6 is 11.3 Å². The molecule has 1 N–H and O–H groups in total. The van der Waals surface area contributed by atoms with Gasteiger partial charge in [-0.2, -0.15) is 0 Å². The molecule has 0 saturated heterocycles. The first kappa shape index (κ1) is 25.1. The van der Waals surface area contributed by atoms with Crippen LogP contribution in [0.25, 0.3) is 0 Å². The van der Waals surface area contributed by atoms with E-state index in [1.165, 1.54) is 18.3 Å². The predicted octanol–water partition coefficient (Wildman–Crippen LogP) is 5.89. The van der Waals surface area contributed by atoms with Crippen molar-refractivity contribution in [2.75, 3.05) is 4.90 Å². The van der Waals surface area contributed by atoms with Gasteiger partial charge in [-0.3, -0.25) is 19.3 Å². The maximum atomic E-state index is 13.8. The standard InChI is InChI=1S/C30H28N2O3S/c1-21-10-12-25(13-11-21)29(30(35)31-20-23-7-4-3-5-8-23)32(28(34)19-27-9-6-18-36-27)26-16-14-24(15-17-26)22(2)33/h3-18,29H,19-20H2,1-2H3,(H,31,35)/t29-/m1/s1. The van der Waals surface area contributed by atoms with Gasteiger partial charge in [0.2, 0.25) is 11.8 Å². The summed E-state index contributed by atoms with van der Waals surface area (Å²) in [6.07, 6.45) is 0.167. The Labute approximate surface area is 215 Å². The Hall–Kier alpha value is -4.03. The van der Waals surface area contributed by atoms with Crippen molar-refractivity contribution >= 4 is 34.6 Å². The van der Waals surface area contributed by atoms with Gasteiger partial charge in [0.1, 0.15) is 6.04 Å². The molecule has 0 bridgehead atoms. The van der Waals surface area contributed by atoms with Gasteiger partial charge in [-0.15, -0.1) is 11.3 Å². The zero-order valence-electron chi connectivity index (χ0n) is 20.3. The molecule has 0 aliphatic rings. The van der Waals surface area contributed by atoms with Gasteiger partial charge in [0.15, 0.2) is 5.78 Å². The van der Waals surface area contributed by atoms with Gasteiger partial charge in [0.25, 0.3) is 0 Å². The predicted molar refractivity (Wildman–Crippen MR) is 144 cm³/mol. The lowest BCUT2D eigenvalue weighted by Crippen LogP contribution is -2.44. The first-order valence-corrected chi connectivity index (χ1v) is 12.6. The Morgan fingerprint density at radius 2 is 1.56 bits per heavy atom. The number of hydrogen-bond acceptors (Lipinski definition) is 4. The van der Waals surface area contributed by atoms with E-state index in [0.717, 1.165) is 16.0 Å². The van der Waals surface area contributed by atoms with Crippen LogP contribution in [0.5, 0.6) is 0 Å². The summed E-state index contributed by atoms with van der Waals surface area (Å²) in [5, 5.41) is 4.95. The minimum Gasteiger partial charge on any atom is -0.350 e. The summed E-state index contributed by atoms with van der Waals surface area (Å²) < 4.78 is 0. The van der Waals surface area contributed by atoms with Crippen LogP contribution in [0.1, 0.15) is 44.9 Å². The smallest absolute Gasteiger partial charge is 0.248 e. The lowest BCUT2D eigenvalue weighted by Gasteiger charge is -2.32. The molecule has 36 heavy (non-hydrogen) atoms. The summed E-state index contributed by atoms with van der Waals surface area (Å²) in [5.74, 6) is -0.542. The first-order valence-electron chi connectivity index (χ1n) is 11.8. The van der Waals surface area contributed by atoms with E-state index < -0.39 is 6.04 Å². The molecule has 182 valence electrons. The van der Waals surface area contributed by atoms with Crippen LogP contribution in [-0.4, -0.2) is 17.6 Å². The van der Waals surface area contributed by atoms with Crippen molar-refractivity contribution in [3.8, 4) is 0 Å². The molecule has 0 spiro atoms. The Morgan fingerprint density at radius 1 is 0.861 bits per heavy atom. The molecule has 0 unspecified atom stereocenters. The Morgan fingerprint density at radius 3 is 2.17 bits per heavy atom. The topological polar surface area (TPSA) is 66.5 Å². The Bertz CT molecular complexity index is 1320. The number of Topliss-reactive ketones (excluding diaryl/α,β-unsaturated/α-hetero) is 1. The minimum atomic E-state index is -0.884. The first-order chi connectivity index (χ1) is 17.4. The number of aryl methyl sites for hydroxylation is 1. The van der Waals surface area contributed by atoms with Gasteiger partial charge in [-0.05, 0) is 60.7 Å². The molecule has 0 saturated carbocycles. The third-order valence-corrected chi connectivity index (χ3v) is 6.81. The molecule has 0 radical (unpaired) electrons. The highest BCUT2D eigenvalue weighted by molar-refractivity contribution is 7.10. The average Bonchev–Trinajstić information content (AvgIpc) is 3.40. The van der Waals surface area contributed by atoms with Crippen LogP contribution in [0.3, 0.4) is 0 Å². The molecule has 4 aromatic rings. The number of anilines is 1. The SMILES string of the molecule is CC(=O)c1ccc(N(C(=O)Cc2cccs2)[C@@H](C(=O)NCc2ccccc2)c2ccc(C)cc2)cc1. The van der Waals surface area contributed by atoms with Crippen LogP contribution < -0.4 is 10.2 Å². The lowest BCUT2D eigenvalue weighted by atomic mass is 10.0. The highest BCUT2D eigenvalue weighted by Gasteiger charge is 2.33. The number of nitrogens with one attached hydrogen (secondary N) is 1. The van der Waals surface area contributed by atoms with Crippen molar-refractivity contribution in [2.24, 2.45) is 0 Å². The molecule has 4 rings (SSSR count). The fraction of sp³-hybridized carbons (Fsp3) is 0.167. The van der Waals surface area contributed by atoms with E-state index in [1.807, 2.05) is 79.0 Å². The zero-order valence-corrected chi connectivity index (χ0v) is 21.1. The second-order valence-electron chi connectivity index (χ2n) is 8.64. The summed E-state index contributed by atoms with van der Waals surface area (Å²) >= 11 is 1.50. The fourth-order valence-corrected chi connectivity index (χ4v) is 4.69. The van der Waals surface area contributed by atoms with E-state index in [2.05, 4.69) is 5.32 Å². The number of amides is 2. The van der Waals surface area contributed by atoms with Gasteiger partial charge in [-0.1, -0.05) is 66.2 Å². The monoisotopic (exact) mass is 496 g/mol. The summed E-state index contributed by atoms with van der Waals surface area (Å²) in [7, 11) is 0. The van der Waals surface area contributed by atoms with E-state index >= 15 is 0 Å². The normalized spacial score (nSPS) is 11.5. The number of carbonyl (C=O) groups is 3. The van der Waals surface area contributed by atoms with Crippen molar-refractivity contribution in [3.05, 3.63) is 124 Å². The van der Waals surface area contributed by atoms with Crippen LogP contribution in [0.4, 0.5) is 5.69 Å². The molecule has 0 aliphatic carbocycles. The molecule has 0 fully saturated rings. The second kappa shape index (κ2) is 11.6. The number of hydrogen-bond donors (Lipinski definition) is 1. The van der Waals surface area contributed by atoms with E-state index in [4.69, 9.17) is 0 Å². The molecule has 3 aromatic carbocycles. The number of ketones is 1. The largest absolute Gasteiger partial charge is 0.350 e. The highest BCUT2D eigenvalue weighted by atomic mass is 32.1. The maximum absolute atomic E-state index is 13.8. The number of rotatable bonds is 9. The van der Waals surface area contributed by atoms with Gasteiger partial charge in [0.05, 0.1) is 6.42 Å². The maximum Gasteiger partial charge on any atom is 0.248 e. The average molecular weight is 497 g/mol. The number of nitrogens with zero attached hydrogens (tertiary/aromatic N) is 1. The van der Waals surface area contributed by atoms with Crippen LogP contribution in [0.2, 0.25) is 0 Å². The zero-order chi connectivity index (χ0) is 25.5. The van der Waals surface area contributed by atoms with Gasteiger partial charge in [-0.25, -0.2) is 0 Å². The third kappa shape index (κ3) is 6.15. The summed E-state index contributed by atoms with van der Waals surface area (Å²) in [6.45, 7) is 3.83. The molecule has 2 amide bonds. The highest BCUT2D eigenvalue weighted by Crippen LogP contribution is 2.30. The molecule has 1 aromatic heterocycles. The van der Waals surface area contributed by atoms with Gasteiger partial charge >= 0.3 is 0 Å². The minimum absolute atomic E-state index is 0.0614. The van der Waals surface area contributed by atoms with Crippen LogP contribution in [-0.2, 0) is 22.6 Å². The van der Waals surface area contributed by atoms with Crippen LogP contribution in [0, 0.1) is 6.92 Å². The molecule has 1 heterocycles. The van der Waals surface area contributed by atoms with Gasteiger partial charge in [0, 0.05) is 22.7 Å². The van der Waals surface area contributed by atoms with Crippen molar-refractivity contribution in [1.82, 2.24) is 5.32 Å². The quantitative estimate of drug-likeness (QED) is 0.294. The molecule has 0 aliphatic heterocycles. The Kier molecular flexibility index (Phi) is 8.08. The van der Waals surface area contributed by atoms with Gasteiger partial charge < -0.3 is 5.32 Å². The molecular weight excluding hydrogens is 468 g/mol. The van der Waals surface area contributed by atoms with Crippen molar-refractivity contribution in [2.45, 2.75) is 32.9 Å². The molecule has 6 heteroatoms.